The van der Waals surface area contributed by atoms with Crippen LogP contribution < -0.4 is 21.5 Å². The van der Waals surface area contributed by atoms with Gasteiger partial charge in [0.25, 0.3) is 0 Å². The molecule has 0 saturated carbocycles. The number of halogens is 1. The van der Waals surface area contributed by atoms with E-state index in [1.165, 1.54) is 6.08 Å². The smallest absolute Gasteiger partial charge is 0.330 e. The first-order valence-corrected chi connectivity index (χ1v) is 4.52. The summed E-state index contributed by atoms with van der Waals surface area (Å²) in [6.45, 7) is 4.61. The molecule has 0 aliphatic heterocycles. The van der Waals surface area contributed by atoms with Crippen molar-refractivity contribution in [1.82, 2.24) is 4.57 Å². The summed E-state index contributed by atoms with van der Waals surface area (Å²) in [7, 11) is 1.97. The number of carbonyl (C=O) groups is 1. The molecule has 0 N–H and O–H groups in total. The van der Waals surface area contributed by atoms with Crippen LogP contribution in [0.1, 0.15) is 6.42 Å². The molecule has 15 heavy (non-hydrogen) atoms. The largest absolute Gasteiger partial charge is 1.00 e. The van der Waals surface area contributed by atoms with E-state index in [1.54, 1.807) is 0 Å². The van der Waals surface area contributed by atoms with Crippen LogP contribution in [0.3, 0.4) is 0 Å². The number of carbonyl (C=O) groups excluding carboxylic acids is 1. The van der Waals surface area contributed by atoms with Gasteiger partial charge in [-0.1, -0.05) is 6.58 Å². The van der Waals surface area contributed by atoms with Crippen LogP contribution in [-0.2, 0) is 23.1 Å². The van der Waals surface area contributed by atoms with Gasteiger partial charge in [0.2, 0.25) is 6.33 Å². The molecule has 1 heterocycles. The van der Waals surface area contributed by atoms with E-state index >= 15 is 0 Å². The highest BCUT2D eigenvalue weighted by atomic mass is 79.9. The van der Waals surface area contributed by atoms with Crippen molar-refractivity contribution < 1.29 is 31.1 Å². The third-order valence-corrected chi connectivity index (χ3v) is 1.80. The average Bonchev–Trinajstić information content (AvgIpc) is 2.58. The van der Waals surface area contributed by atoms with E-state index in [-0.39, 0.29) is 23.0 Å². The van der Waals surface area contributed by atoms with E-state index in [9.17, 15) is 4.79 Å². The number of aromatic nitrogens is 2. The van der Waals surface area contributed by atoms with E-state index in [2.05, 4.69) is 6.58 Å². The fourth-order valence-corrected chi connectivity index (χ4v) is 1.11. The molecule has 5 heteroatoms. The Morgan fingerprint density at radius 1 is 1.67 bits per heavy atom. The zero-order valence-electron chi connectivity index (χ0n) is 8.73. The Bertz CT molecular complexity index is 323. The number of esters is 1. The Morgan fingerprint density at radius 2 is 2.40 bits per heavy atom. The summed E-state index contributed by atoms with van der Waals surface area (Å²) in [5, 5.41) is 0. The Labute approximate surface area is 99.9 Å². The number of aryl methyl sites for hydroxylation is 2. The van der Waals surface area contributed by atoms with Crippen LogP contribution in [0.4, 0.5) is 0 Å². The van der Waals surface area contributed by atoms with Crippen LogP contribution >= 0.6 is 0 Å². The van der Waals surface area contributed by atoms with Crippen molar-refractivity contribution in [1.29, 1.82) is 0 Å². The summed E-state index contributed by atoms with van der Waals surface area (Å²) in [5.74, 6) is -0.358. The van der Waals surface area contributed by atoms with Gasteiger partial charge in [-0.3, -0.25) is 0 Å². The summed E-state index contributed by atoms with van der Waals surface area (Å²) in [5.41, 5.74) is 0. The monoisotopic (exact) mass is 274 g/mol. The van der Waals surface area contributed by atoms with Crippen LogP contribution in [0, 0.1) is 0 Å². The molecule has 0 unspecified atom stereocenters. The Kier molecular flexibility index (Phi) is 6.70. The van der Waals surface area contributed by atoms with Gasteiger partial charge >= 0.3 is 5.97 Å². The molecule has 4 nitrogen and oxygen atoms in total. The van der Waals surface area contributed by atoms with Gasteiger partial charge in [0.15, 0.2) is 0 Å². The Morgan fingerprint density at radius 3 is 2.93 bits per heavy atom. The standard InChI is InChI=1S/C10H15N2O2.BrH/c1-3-10(13)14-8-4-5-12-7-6-11(2)9-12;/h3,6-7,9H,1,4-5,8H2,2H3;1H/q+1;/p-1. The molecule has 1 aromatic rings. The second kappa shape index (κ2) is 7.23. The van der Waals surface area contributed by atoms with Crippen molar-refractivity contribution in [2.75, 3.05) is 6.61 Å². The quantitative estimate of drug-likeness (QED) is 0.256. The summed E-state index contributed by atoms with van der Waals surface area (Å²) in [6, 6.07) is 0. The molecule has 0 saturated heterocycles. The fourth-order valence-electron chi connectivity index (χ4n) is 1.11. The lowest BCUT2D eigenvalue weighted by atomic mass is 10.4. The van der Waals surface area contributed by atoms with Gasteiger partial charge in [0.1, 0.15) is 12.4 Å². The predicted molar refractivity (Wildman–Crippen MR) is 51.4 cm³/mol. The molecule has 0 radical (unpaired) electrons. The van der Waals surface area contributed by atoms with Crippen molar-refractivity contribution in [3.05, 3.63) is 31.4 Å². The van der Waals surface area contributed by atoms with Gasteiger partial charge in [0, 0.05) is 12.5 Å². The molecule has 0 aliphatic carbocycles. The third kappa shape index (κ3) is 5.37. The SMILES string of the molecule is C=CC(=O)OCCCn1cc[n+](C)c1.[Br-]. The van der Waals surface area contributed by atoms with Gasteiger partial charge in [-0.15, -0.1) is 0 Å². The molecule has 0 spiro atoms. The minimum absolute atomic E-state index is 0. The van der Waals surface area contributed by atoms with E-state index in [0.717, 1.165) is 13.0 Å². The summed E-state index contributed by atoms with van der Waals surface area (Å²) < 4.78 is 8.85. The number of hydrogen-bond donors (Lipinski definition) is 0. The van der Waals surface area contributed by atoms with E-state index in [1.807, 2.05) is 34.9 Å². The van der Waals surface area contributed by atoms with Gasteiger partial charge in [-0.25, -0.2) is 13.9 Å². The maximum atomic E-state index is 10.7. The summed E-state index contributed by atoms with van der Waals surface area (Å²) >= 11 is 0. The molecule has 1 aromatic heterocycles. The second-order valence-electron chi connectivity index (χ2n) is 3.04. The molecule has 0 amide bonds. The first-order valence-electron chi connectivity index (χ1n) is 4.52. The highest BCUT2D eigenvalue weighted by Crippen LogP contribution is 1.91. The van der Waals surface area contributed by atoms with E-state index in [0.29, 0.717) is 6.61 Å². The number of nitrogens with zero attached hydrogens (tertiary/aromatic N) is 2. The molecule has 0 bridgehead atoms. The van der Waals surface area contributed by atoms with Crippen LogP contribution in [-0.4, -0.2) is 17.1 Å². The van der Waals surface area contributed by atoms with Crippen molar-refractivity contribution in [3.63, 3.8) is 0 Å². The molecule has 0 atom stereocenters. The van der Waals surface area contributed by atoms with Crippen molar-refractivity contribution in [2.45, 2.75) is 13.0 Å². The normalized spacial score (nSPS) is 9.13. The average molecular weight is 275 g/mol. The minimum Gasteiger partial charge on any atom is -1.00 e. The fraction of sp³-hybridized carbons (Fsp3) is 0.400. The van der Waals surface area contributed by atoms with Gasteiger partial charge in [-0.2, -0.15) is 0 Å². The Balaban J connectivity index is 0.00000196. The lowest BCUT2D eigenvalue weighted by Gasteiger charge is -1.99. The molecule has 0 aliphatic rings. The minimum atomic E-state index is -0.358. The molecular formula is C10H15BrN2O2. The maximum Gasteiger partial charge on any atom is 0.330 e. The van der Waals surface area contributed by atoms with Crippen molar-refractivity contribution >= 4 is 5.97 Å². The molecule has 0 aromatic carbocycles. The second-order valence-corrected chi connectivity index (χ2v) is 3.04. The zero-order chi connectivity index (χ0) is 10.4. The van der Waals surface area contributed by atoms with Crippen LogP contribution in [0.15, 0.2) is 31.4 Å². The molecular weight excluding hydrogens is 260 g/mol. The zero-order valence-corrected chi connectivity index (χ0v) is 10.3. The molecule has 1 rings (SSSR count). The summed E-state index contributed by atoms with van der Waals surface area (Å²) in [6.07, 6.45) is 7.92. The number of hydrogen-bond acceptors (Lipinski definition) is 2. The maximum absolute atomic E-state index is 10.7. The van der Waals surface area contributed by atoms with Crippen LogP contribution in [0.2, 0.25) is 0 Å². The van der Waals surface area contributed by atoms with Gasteiger partial charge < -0.3 is 21.7 Å². The number of ether oxygens (including phenoxy) is 1. The van der Waals surface area contributed by atoms with Crippen LogP contribution in [0.25, 0.3) is 0 Å². The summed E-state index contributed by atoms with van der Waals surface area (Å²) in [4.78, 5) is 10.7. The van der Waals surface area contributed by atoms with Crippen molar-refractivity contribution in [2.24, 2.45) is 7.05 Å². The lowest BCUT2D eigenvalue weighted by Crippen LogP contribution is -3.00. The van der Waals surface area contributed by atoms with E-state index in [4.69, 9.17) is 4.74 Å². The topological polar surface area (TPSA) is 35.1 Å². The Hall–Kier alpha value is -1.10. The highest BCUT2D eigenvalue weighted by molar-refractivity contribution is 5.81. The highest BCUT2D eigenvalue weighted by Gasteiger charge is 2.00. The predicted octanol–water partition coefficient (Wildman–Crippen LogP) is -2.56. The van der Waals surface area contributed by atoms with E-state index < -0.39 is 0 Å². The first kappa shape index (κ1) is 13.9. The third-order valence-electron chi connectivity index (χ3n) is 1.80. The molecule has 84 valence electrons. The van der Waals surface area contributed by atoms with Crippen molar-refractivity contribution in [3.8, 4) is 0 Å². The van der Waals surface area contributed by atoms with Gasteiger partial charge in [0.05, 0.1) is 20.2 Å². The lowest BCUT2D eigenvalue weighted by molar-refractivity contribution is -0.671. The number of imidazole rings is 1. The van der Waals surface area contributed by atoms with Crippen LogP contribution in [0.5, 0.6) is 0 Å². The number of rotatable bonds is 5. The molecule has 0 fully saturated rings. The van der Waals surface area contributed by atoms with Gasteiger partial charge in [-0.05, 0) is 0 Å². The first-order chi connectivity index (χ1) is 6.72.